The zero-order valence-corrected chi connectivity index (χ0v) is 13.8. The van der Waals surface area contributed by atoms with E-state index in [1.54, 1.807) is 11.8 Å². The standard InChI is InChI=1S/C14H13BrN2OS2/c1-2-6-19-7-5-17-14(18)13-12(16)10-4-3-9(15)8-11(10)20-13/h1,3-4,8H,5-7,16H2,(H,17,18). The summed E-state index contributed by atoms with van der Waals surface area (Å²) in [5.74, 6) is 3.88. The predicted molar refractivity (Wildman–Crippen MR) is 92.4 cm³/mol. The Kier molecular flexibility index (Phi) is 5.35. The van der Waals surface area contributed by atoms with Crippen LogP contribution in [0.3, 0.4) is 0 Å². The molecule has 0 bridgehead atoms. The number of thioether (sulfide) groups is 1. The van der Waals surface area contributed by atoms with E-state index in [1.807, 2.05) is 18.2 Å². The van der Waals surface area contributed by atoms with Crippen LogP contribution in [0.15, 0.2) is 22.7 Å². The second-order valence-corrected chi connectivity index (χ2v) is 7.07. The SMILES string of the molecule is C#CCSCCNC(=O)c1sc2cc(Br)ccc2c1N. The Labute approximate surface area is 134 Å². The maximum absolute atomic E-state index is 12.1. The number of carbonyl (C=O) groups is 1. The van der Waals surface area contributed by atoms with Crippen molar-refractivity contribution in [2.75, 3.05) is 23.8 Å². The van der Waals surface area contributed by atoms with E-state index in [1.165, 1.54) is 11.3 Å². The van der Waals surface area contributed by atoms with Gasteiger partial charge in [-0.1, -0.05) is 27.9 Å². The molecule has 0 aliphatic carbocycles. The summed E-state index contributed by atoms with van der Waals surface area (Å²) < 4.78 is 1.98. The lowest BCUT2D eigenvalue weighted by molar-refractivity contribution is 0.0961. The molecule has 0 spiro atoms. The summed E-state index contributed by atoms with van der Waals surface area (Å²) in [6, 6.07) is 5.81. The molecule has 3 N–H and O–H groups in total. The maximum atomic E-state index is 12.1. The van der Waals surface area contributed by atoms with E-state index in [-0.39, 0.29) is 5.91 Å². The highest BCUT2D eigenvalue weighted by atomic mass is 79.9. The third kappa shape index (κ3) is 3.48. The number of nitrogens with one attached hydrogen (secondary N) is 1. The maximum Gasteiger partial charge on any atom is 0.263 e. The van der Waals surface area contributed by atoms with Crippen LogP contribution in [0.2, 0.25) is 0 Å². The molecule has 3 nitrogen and oxygen atoms in total. The molecule has 0 saturated heterocycles. The zero-order valence-electron chi connectivity index (χ0n) is 10.6. The molecule has 6 heteroatoms. The van der Waals surface area contributed by atoms with Gasteiger partial charge in [0.15, 0.2) is 0 Å². The smallest absolute Gasteiger partial charge is 0.263 e. The number of hydrogen-bond donors (Lipinski definition) is 2. The Morgan fingerprint density at radius 2 is 2.35 bits per heavy atom. The first-order valence-corrected chi connectivity index (χ1v) is 8.67. The molecule has 104 valence electrons. The van der Waals surface area contributed by atoms with Crippen LogP contribution < -0.4 is 11.1 Å². The average Bonchev–Trinajstić information content (AvgIpc) is 2.75. The average molecular weight is 369 g/mol. The number of fused-ring (bicyclic) bond motifs is 1. The lowest BCUT2D eigenvalue weighted by Gasteiger charge is -2.03. The van der Waals surface area contributed by atoms with E-state index in [0.29, 0.717) is 22.9 Å². The first-order chi connectivity index (χ1) is 9.63. The number of nitrogen functional groups attached to an aromatic ring is 1. The number of thiophene rings is 1. The first kappa shape index (κ1) is 15.2. The number of benzene rings is 1. The molecule has 2 aromatic rings. The summed E-state index contributed by atoms with van der Waals surface area (Å²) in [6.07, 6.45) is 5.16. The summed E-state index contributed by atoms with van der Waals surface area (Å²) in [6.45, 7) is 0.586. The topological polar surface area (TPSA) is 55.1 Å². The van der Waals surface area contributed by atoms with E-state index in [9.17, 15) is 4.79 Å². The van der Waals surface area contributed by atoms with Crippen LogP contribution in [0.25, 0.3) is 10.1 Å². The highest BCUT2D eigenvalue weighted by molar-refractivity contribution is 9.10. The summed E-state index contributed by atoms with van der Waals surface area (Å²) in [5.41, 5.74) is 6.59. The molecule has 1 amide bonds. The molecule has 1 heterocycles. The van der Waals surface area contributed by atoms with Gasteiger partial charge in [0.05, 0.1) is 11.4 Å². The molecular formula is C14H13BrN2OS2. The minimum Gasteiger partial charge on any atom is -0.397 e. The van der Waals surface area contributed by atoms with Gasteiger partial charge in [0.2, 0.25) is 0 Å². The van der Waals surface area contributed by atoms with Gasteiger partial charge in [-0.15, -0.1) is 29.5 Å². The minimum atomic E-state index is -0.124. The molecule has 1 aromatic heterocycles. The van der Waals surface area contributed by atoms with Gasteiger partial charge in [-0.2, -0.15) is 0 Å². The van der Waals surface area contributed by atoms with E-state index < -0.39 is 0 Å². The van der Waals surface area contributed by atoms with Crippen LogP contribution in [-0.2, 0) is 0 Å². The molecule has 2 rings (SSSR count). The van der Waals surface area contributed by atoms with Crippen molar-refractivity contribution < 1.29 is 4.79 Å². The van der Waals surface area contributed by atoms with Crippen LogP contribution in [0.5, 0.6) is 0 Å². The molecule has 0 aliphatic heterocycles. The van der Waals surface area contributed by atoms with Gasteiger partial charge in [0, 0.05) is 26.9 Å². The molecule has 0 atom stereocenters. The van der Waals surface area contributed by atoms with Gasteiger partial charge < -0.3 is 11.1 Å². The van der Waals surface area contributed by atoms with Gasteiger partial charge in [-0.3, -0.25) is 4.79 Å². The van der Waals surface area contributed by atoms with Crippen molar-refractivity contribution in [2.24, 2.45) is 0 Å². The van der Waals surface area contributed by atoms with Gasteiger partial charge in [-0.25, -0.2) is 0 Å². The third-order valence-corrected chi connectivity index (χ3v) is 5.14. The Bertz CT molecular complexity index is 676. The van der Waals surface area contributed by atoms with E-state index in [4.69, 9.17) is 12.2 Å². The van der Waals surface area contributed by atoms with Gasteiger partial charge in [0.1, 0.15) is 4.88 Å². The fraction of sp³-hybridized carbons (Fsp3) is 0.214. The summed E-state index contributed by atoms with van der Waals surface area (Å²) in [7, 11) is 0. The number of nitrogens with two attached hydrogens (primary N) is 1. The van der Waals surface area contributed by atoms with E-state index in [2.05, 4.69) is 27.2 Å². The molecule has 0 radical (unpaired) electrons. The van der Waals surface area contributed by atoms with Gasteiger partial charge in [0.25, 0.3) is 5.91 Å². The fourth-order valence-corrected chi connectivity index (χ4v) is 3.81. The zero-order chi connectivity index (χ0) is 14.5. The van der Waals surface area contributed by atoms with Crippen molar-refractivity contribution in [2.45, 2.75) is 0 Å². The molecule has 0 unspecified atom stereocenters. The van der Waals surface area contributed by atoms with Crippen molar-refractivity contribution in [1.29, 1.82) is 0 Å². The second-order valence-electron chi connectivity index (χ2n) is 4.00. The van der Waals surface area contributed by atoms with Gasteiger partial charge in [-0.05, 0) is 12.1 Å². The molecule has 0 aliphatic rings. The fourth-order valence-electron chi connectivity index (χ4n) is 1.71. The predicted octanol–water partition coefficient (Wildman–Crippen LogP) is 3.34. The van der Waals surface area contributed by atoms with E-state index >= 15 is 0 Å². The minimum absolute atomic E-state index is 0.124. The molecule has 1 aromatic carbocycles. The van der Waals surface area contributed by atoms with Crippen molar-refractivity contribution in [3.05, 3.63) is 27.5 Å². The lowest BCUT2D eigenvalue weighted by Crippen LogP contribution is -2.25. The largest absolute Gasteiger partial charge is 0.397 e. The number of terminal acetylenes is 1. The highest BCUT2D eigenvalue weighted by Crippen LogP contribution is 2.35. The summed E-state index contributed by atoms with van der Waals surface area (Å²) in [5, 5.41) is 3.79. The highest BCUT2D eigenvalue weighted by Gasteiger charge is 2.15. The van der Waals surface area contributed by atoms with Crippen LogP contribution in [0, 0.1) is 12.3 Å². The normalized spacial score (nSPS) is 10.4. The van der Waals surface area contributed by atoms with E-state index in [0.717, 1.165) is 20.3 Å². The van der Waals surface area contributed by atoms with Crippen molar-refractivity contribution >= 4 is 60.7 Å². The lowest BCUT2D eigenvalue weighted by atomic mass is 10.2. The van der Waals surface area contributed by atoms with Crippen LogP contribution >= 0.6 is 39.0 Å². The Morgan fingerprint density at radius 3 is 3.10 bits per heavy atom. The Balaban J connectivity index is 2.07. The quantitative estimate of drug-likeness (QED) is 0.628. The number of amides is 1. The van der Waals surface area contributed by atoms with Crippen LogP contribution in [0.4, 0.5) is 5.69 Å². The number of carbonyl (C=O) groups excluding carboxylic acids is 1. The van der Waals surface area contributed by atoms with Crippen LogP contribution in [-0.4, -0.2) is 24.0 Å². The number of halogens is 1. The Morgan fingerprint density at radius 1 is 1.55 bits per heavy atom. The Hall–Kier alpha value is -1.16. The molecular weight excluding hydrogens is 356 g/mol. The number of rotatable bonds is 5. The first-order valence-electron chi connectivity index (χ1n) is 5.90. The van der Waals surface area contributed by atoms with Crippen molar-refractivity contribution in [1.82, 2.24) is 5.32 Å². The molecule has 20 heavy (non-hydrogen) atoms. The second kappa shape index (κ2) is 7.02. The molecule has 0 fully saturated rings. The summed E-state index contributed by atoms with van der Waals surface area (Å²) in [4.78, 5) is 12.7. The summed E-state index contributed by atoms with van der Waals surface area (Å²) >= 11 is 6.44. The number of anilines is 1. The van der Waals surface area contributed by atoms with Gasteiger partial charge >= 0.3 is 0 Å². The van der Waals surface area contributed by atoms with Crippen molar-refractivity contribution in [3.63, 3.8) is 0 Å². The van der Waals surface area contributed by atoms with Crippen LogP contribution in [0.1, 0.15) is 9.67 Å². The van der Waals surface area contributed by atoms with Crippen molar-refractivity contribution in [3.8, 4) is 12.3 Å². The molecule has 0 saturated carbocycles. The number of hydrogen-bond acceptors (Lipinski definition) is 4. The third-order valence-electron chi connectivity index (χ3n) is 2.61. The monoisotopic (exact) mass is 368 g/mol.